The predicted octanol–water partition coefficient (Wildman–Crippen LogP) is 2.71. The Labute approximate surface area is 165 Å². The number of aromatic nitrogens is 1. The van der Waals surface area contributed by atoms with Crippen LogP contribution in [0.1, 0.15) is 45.1 Å². The molecule has 1 aromatic rings. The van der Waals surface area contributed by atoms with E-state index in [-0.39, 0.29) is 0 Å². The average Bonchev–Trinajstić information content (AvgIpc) is 2.93. The van der Waals surface area contributed by atoms with Gasteiger partial charge in [-0.1, -0.05) is 26.7 Å². The van der Waals surface area contributed by atoms with Gasteiger partial charge in [0, 0.05) is 46.5 Å². The molecular weight excluding hydrogens is 336 g/mol. The number of hydrogen-bond donors (Lipinski definition) is 2. The van der Waals surface area contributed by atoms with Gasteiger partial charge in [-0.3, -0.25) is 9.89 Å². The molecule has 1 saturated heterocycles. The lowest BCUT2D eigenvalue weighted by atomic mass is 10.0. The molecular formula is C21H38N6. The first-order valence-electron chi connectivity index (χ1n) is 10.3. The molecule has 1 aliphatic heterocycles. The Morgan fingerprint density at radius 2 is 1.89 bits per heavy atom. The van der Waals surface area contributed by atoms with Gasteiger partial charge in [0.25, 0.3) is 0 Å². The van der Waals surface area contributed by atoms with Crippen molar-refractivity contribution in [2.75, 3.05) is 45.7 Å². The summed E-state index contributed by atoms with van der Waals surface area (Å²) in [5.41, 5.74) is 1.20. The van der Waals surface area contributed by atoms with Crippen LogP contribution < -0.4 is 15.5 Å². The summed E-state index contributed by atoms with van der Waals surface area (Å²) in [4.78, 5) is 13.5. The van der Waals surface area contributed by atoms with E-state index in [9.17, 15) is 0 Å². The number of nitrogens with zero attached hydrogens (tertiary/aromatic N) is 4. The lowest BCUT2D eigenvalue weighted by Crippen LogP contribution is -2.49. The van der Waals surface area contributed by atoms with Gasteiger partial charge in [-0.25, -0.2) is 4.98 Å². The maximum absolute atomic E-state index is 4.41. The second-order valence-electron chi connectivity index (χ2n) is 7.98. The number of hydrogen-bond acceptors (Lipinski definition) is 4. The third-order valence-electron chi connectivity index (χ3n) is 5.31. The molecule has 1 fully saturated rings. The maximum atomic E-state index is 4.41. The molecule has 1 atom stereocenters. The Hall–Kier alpha value is -1.82. The van der Waals surface area contributed by atoms with Gasteiger partial charge in [-0.05, 0) is 49.5 Å². The van der Waals surface area contributed by atoms with Gasteiger partial charge in [-0.15, -0.1) is 0 Å². The molecule has 0 aromatic carbocycles. The number of rotatable bonds is 7. The molecule has 1 aromatic heterocycles. The number of anilines is 1. The summed E-state index contributed by atoms with van der Waals surface area (Å²) in [6, 6.07) is 4.69. The highest BCUT2D eigenvalue weighted by atomic mass is 15.2. The number of guanidine groups is 1. The van der Waals surface area contributed by atoms with Crippen LogP contribution in [0.5, 0.6) is 0 Å². The molecule has 0 aliphatic carbocycles. The van der Waals surface area contributed by atoms with Crippen LogP contribution in [0.4, 0.5) is 5.82 Å². The topological polar surface area (TPSA) is 55.8 Å². The van der Waals surface area contributed by atoms with Crippen LogP contribution in [-0.2, 0) is 6.54 Å². The third kappa shape index (κ3) is 7.01. The molecule has 27 heavy (non-hydrogen) atoms. The largest absolute Gasteiger partial charge is 0.363 e. The van der Waals surface area contributed by atoms with E-state index in [1.54, 1.807) is 0 Å². The monoisotopic (exact) mass is 374 g/mol. The highest BCUT2D eigenvalue weighted by Gasteiger charge is 2.22. The standard InChI is InChI=1S/C21H38N6/c1-17(2)19(27-12-8-6-7-9-13-27)16-25-21(22-3)24-15-18-10-11-23-20(14-18)26(4)5/h10-11,14,17,19H,6-9,12-13,15-16H2,1-5H3,(H2,22,24,25). The molecule has 2 rings (SSSR count). The first kappa shape index (κ1) is 21.5. The molecule has 0 amide bonds. The molecule has 2 N–H and O–H groups in total. The van der Waals surface area contributed by atoms with Crippen molar-refractivity contribution >= 4 is 11.8 Å². The molecule has 0 radical (unpaired) electrons. The highest BCUT2D eigenvalue weighted by molar-refractivity contribution is 5.79. The summed E-state index contributed by atoms with van der Waals surface area (Å²) < 4.78 is 0. The average molecular weight is 375 g/mol. The van der Waals surface area contributed by atoms with Gasteiger partial charge in [-0.2, -0.15) is 0 Å². The van der Waals surface area contributed by atoms with Crippen LogP contribution in [0.2, 0.25) is 0 Å². The minimum atomic E-state index is 0.544. The SMILES string of the molecule is CN=C(NCc1ccnc(N(C)C)c1)NCC(C(C)C)N1CCCCCC1. The fourth-order valence-electron chi connectivity index (χ4n) is 3.64. The molecule has 6 nitrogen and oxygen atoms in total. The molecule has 2 heterocycles. The summed E-state index contributed by atoms with van der Waals surface area (Å²) in [7, 11) is 5.85. The Balaban J connectivity index is 1.88. The van der Waals surface area contributed by atoms with E-state index < -0.39 is 0 Å². The van der Waals surface area contributed by atoms with Gasteiger partial charge in [0.15, 0.2) is 5.96 Å². The van der Waals surface area contributed by atoms with Crippen molar-refractivity contribution in [3.05, 3.63) is 23.9 Å². The van der Waals surface area contributed by atoms with E-state index in [0.29, 0.717) is 12.0 Å². The van der Waals surface area contributed by atoms with E-state index in [4.69, 9.17) is 0 Å². The Bertz CT molecular complexity index is 576. The molecule has 1 unspecified atom stereocenters. The second kappa shape index (κ2) is 11.1. The minimum Gasteiger partial charge on any atom is -0.363 e. The molecule has 6 heteroatoms. The second-order valence-corrected chi connectivity index (χ2v) is 7.98. The highest BCUT2D eigenvalue weighted by Crippen LogP contribution is 2.17. The van der Waals surface area contributed by atoms with Crippen molar-refractivity contribution in [2.24, 2.45) is 10.9 Å². The fraction of sp³-hybridized carbons (Fsp3) is 0.714. The van der Waals surface area contributed by atoms with Crippen molar-refractivity contribution in [2.45, 2.75) is 52.1 Å². The van der Waals surface area contributed by atoms with Crippen LogP contribution in [0.25, 0.3) is 0 Å². The van der Waals surface area contributed by atoms with Crippen LogP contribution in [0.3, 0.4) is 0 Å². The Morgan fingerprint density at radius 1 is 1.19 bits per heavy atom. The zero-order chi connectivity index (χ0) is 19.6. The lowest BCUT2D eigenvalue weighted by molar-refractivity contribution is 0.161. The van der Waals surface area contributed by atoms with Crippen LogP contribution in [0, 0.1) is 5.92 Å². The van der Waals surface area contributed by atoms with Crippen molar-refractivity contribution in [3.63, 3.8) is 0 Å². The first-order valence-corrected chi connectivity index (χ1v) is 10.3. The summed E-state index contributed by atoms with van der Waals surface area (Å²) in [6.45, 7) is 8.76. The van der Waals surface area contributed by atoms with E-state index in [1.807, 2.05) is 38.3 Å². The normalized spacial score (nSPS) is 17.5. The van der Waals surface area contributed by atoms with Crippen LogP contribution in [0.15, 0.2) is 23.3 Å². The Kier molecular flexibility index (Phi) is 8.85. The van der Waals surface area contributed by atoms with Gasteiger partial charge >= 0.3 is 0 Å². The lowest BCUT2D eigenvalue weighted by Gasteiger charge is -2.34. The van der Waals surface area contributed by atoms with Gasteiger partial charge in [0.2, 0.25) is 0 Å². The van der Waals surface area contributed by atoms with E-state index >= 15 is 0 Å². The number of likely N-dealkylation sites (tertiary alicyclic amines) is 1. The molecule has 1 aliphatic rings. The van der Waals surface area contributed by atoms with Crippen LogP contribution >= 0.6 is 0 Å². The van der Waals surface area contributed by atoms with Gasteiger partial charge < -0.3 is 15.5 Å². The van der Waals surface area contributed by atoms with Crippen molar-refractivity contribution < 1.29 is 0 Å². The van der Waals surface area contributed by atoms with E-state index in [1.165, 1.54) is 44.3 Å². The predicted molar refractivity (Wildman–Crippen MR) is 115 cm³/mol. The summed E-state index contributed by atoms with van der Waals surface area (Å²) in [5.74, 6) is 2.45. The summed E-state index contributed by atoms with van der Waals surface area (Å²) >= 11 is 0. The van der Waals surface area contributed by atoms with Crippen molar-refractivity contribution in [1.29, 1.82) is 0 Å². The maximum Gasteiger partial charge on any atom is 0.191 e. The first-order chi connectivity index (χ1) is 13.0. The summed E-state index contributed by atoms with van der Waals surface area (Å²) in [6.07, 6.45) is 7.26. The van der Waals surface area contributed by atoms with E-state index in [2.05, 4.69) is 45.4 Å². The fourth-order valence-corrected chi connectivity index (χ4v) is 3.64. The third-order valence-corrected chi connectivity index (χ3v) is 5.31. The minimum absolute atomic E-state index is 0.544. The van der Waals surface area contributed by atoms with Crippen molar-refractivity contribution in [1.82, 2.24) is 20.5 Å². The molecule has 0 bridgehead atoms. The number of pyridine rings is 1. The zero-order valence-corrected chi connectivity index (χ0v) is 17.8. The Morgan fingerprint density at radius 3 is 2.48 bits per heavy atom. The number of aliphatic imine (C=N–C) groups is 1. The number of nitrogens with one attached hydrogen (secondary N) is 2. The molecule has 152 valence electrons. The summed E-state index contributed by atoms with van der Waals surface area (Å²) in [5, 5.41) is 6.98. The van der Waals surface area contributed by atoms with Crippen molar-refractivity contribution in [3.8, 4) is 0 Å². The molecule has 0 spiro atoms. The smallest absolute Gasteiger partial charge is 0.191 e. The van der Waals surface area contributed by atoms with Crippen LogP contribution in [-0.4, -0.2) is 62.7 Å². The van der Waals surface area contributed by atoms with Gasteiger partial charge in [0.05, 0.1) is 0 Å². The zero-order valence-electron chi connectivity index (χ0n) is 17.8. The molecule has 0 saturated carbocycles. The van der Waals surface area contributed by atoms with Gasteiger partial charge in [0.1, 0.15) is 5.82 Å². The van der Waals surface area contributed by atoms with E-state index in [0.717, 1.165) is 24.9 Å². The quantitative estimate of drug-likeness (QED) is 0.568.